The van der Waals surface area contributed by atoms with Gasteiger partial charge in [-0.15, -0.1) is 0 Å². The van der Waals surface area contributed by atoms with Crippen molar-refractivity contribution in [3.8, 4) is 0 Å². The molecular weight excluding hydrogens is 100 g/mol. The van der Waals surface area contributed by atoms with Crippen molar-refractivity contribution in [3.05, 3.63) is 6.92 Å². The lowest BCUT2D eigenvalue weighted by molar-refractivity contribution is 0.0668. The highest BCUT2D eigenvalue weighted by atomic mass is 16.5. The molecule has 0 aromatic carbocycles. The Hall–Kier alpha value is -0.0400. The molecule has 0 aliphatic rings. The molecule has 0 aliphatic carbocycles. The number of hydrogen-bond donors (Lipinski definition) is 0. The van der Waals surface area contributed by atoms with E-state index in [1.807, 2.05) is 0 Å². The van der Waals surface area contributed by atoms with Gasteiger partial charge in [0.25, 0.3) is 0 Å². The minimum Gasteiger partial charge on any atom is -0.379 e. The van der Waals surface area contributed by atoms with Crippen LogP contribution in [-0.4, -0.2) is 12.7 Å². The molecule has 0 amide bonds. The predicted octanol–water partition coefficient (Wildman–Crippen LogP) is 2.03. The van der Waals surface area contributed by atoms with E-state index in [2.05, 4.69) is 20.8 Å². The minimum absolute atomic E-state index is 0.414. The van der Waals surface area contributed by atoms with E-state index in [0.29, 0.717) is 6.10 Å². The Morgan fingerprint density at radius 3 is 2.62 bits per heavy atom. The third-order valence-electron chi connectivity index (χ3n) is 1.12. The average molecular weight is 115 g/mol. The van der Waals surface area contributed by atoms with Crippen LogP contribution < -0.4 is 0 Å². The van der Waals surface area contributed by atoms with Crippen molar-refractivity contribution >= 4 is 0 Å². The van der Waals surface area contributed by atoms with Gasteiger partial charge < -0.3 is 4.74 Å². The van der Waals surface area contributed by atoms with Crippen LogP contribution in [0.25, 0.3) is 0 Å². The fourth-order valence-corrected chi connectivity index (χ4v) is 0.402. The standard InChI is InChI=1S/C7H15O/c1-4-6-8-7(3)5-2/h7H,1,4-6H2,2-3H3. The maximum Gasteiger partial charge on any atom is 0.0544 e. The molecule has 0 aliphatic heterocycles. The summed E-state index contributed by atoms with van der Waals surface area (Å²) in [6.45, 7) is 8.67. The van der Waals surface area contributed by atoms with Crippen LogP contribution in [0.3, 0.4) is 0 Å². The first kappa shape index (κ1) is 7.96. The first-order valence-corrected chi connectivity index (χ1v) is 3.22. The second-order valence-corrected chi connectivity index (χ2v) is 1.94. The first-order chi connectivity index (χ1) is 3.81. The van der Waals surface area contributed by atoms with Crippen molar-refractivity contribution in [2.75, 3.05) is 6.61 Å². The minimum atomic E-state index is 0.414. The molecule has 1 radical (unpaired) electrons. The van der Waals surface area contributed by atoms with Crippen LogP contribution in [0.4, 0.5) is 0 Å². The molecule has 0 N–H and O–H groups in total. The maximum absolute atomic E-state index is 5.28. The molecule has 1 unspecified atom stereocenters. The molecular formula is C7H15O. The molecule has 0 fully saturated rings. The van der Waals surface area contributed by atoms with Gasteiger partial charge in [-0.25, -0.2) is 0 Å². The van der Waals surface area contributed by atoms with Crippen LogP contribution in [0.1, 0.15) is 26.7 Å². The van der Waals surface area contributed by atoms with Crippen LogP contribution in [0, 0.1) is 6.92 Å². The van der Waals surface area contributed by atoms with E-state index < -0.39 is 0 Å². The SMILES string of the molecule is [CH2]CCOC(C)CC. The van der Waals surface area contributed by atoms with Gasteiger partial charge in [0, 0.05) is 6.61 Å². The van der Waals surface area contributed by atoms with Gasteiger partial charge >= 0.3 is 0 Å². The van der Waals surface area contributed by atoms with Crippen LogP contribution in [-0.2, 0) is 4.74 Å². The van der Waals surface area contributed by atoms with Gasteiger partial charge in [0.05, 0.1) is 6.10 Å². The van der Waals surface area contributed by atoms with E-state index in [1.165, 1.54) is 0 Å². The van der Waals surface area contributed by atoms with Gasteiger partial charge in [0.1, 0.15) is 0 Å². The lowest BCUT2D eigenvalue weighted by Gasteiger charge is -2.07. The van der Waals surface area contributed by atoms with E-state index >= 15 is 0 Å². The van der Waals surface area contributed by atoms with Crippen molar-refractivity contribution in [3.63, 3.8) is 0 Å². The molecule has 0 saturated heterocycles. The lowest BCUT2D eigenvalue weighted by atomic mass is 10.3. The normalized spacial score (nSPS) is 13.9. The molecule has 0 aromatic rings. The lowest BCUT2D eigenvalue weighted by Crippen LogP contribution is -2.06. The molecule has 0 rings (SSSR count). The largest absolute Gasteiger partial charge is 0.379 e. The summed E-state index contributed by atoms with van der Waals surface area (Å²) in [5.41, 5.74) is 0. The Labute approximate surface area is 52.0 Å². The molecule has 8 heavy (non-hydrogen) atoms. The zero-order valence-corrected chi connectivity index (χ0v) is 5.81. The van der Waals surface area contributed by atoms with E-state index in [4.69, 9.17) is 4.74 Å². The molecule has 1 atom stereocenters. The summed E-state index contributed by atoms with van der Waals surface area (Å²) in [6.07, 6.45) is 2.39. The van der Waals surface area contributed by atoms with Gasteiger partial charge in [0.2, 0.25) is 0 Å². The summed E-state index contributed by atoms with van der Waals surface area (Å²) in [7, 11) is 0. The molecule has 1 nitrogen and oxygen atoms in total. The smallest absolute Gasteiger partial charge is 0.0544 e. The fraction of sp³-hybridized carbons (Fsp3) is 0.857. The highest BCUT2D eigenvalue weighted by Gasteiger charge is 1.93. The van der Waals surface area contributed by atoms with Crippen LogP contribution in [0.5, 0.6) is 0 Å². The van der Waals surface area contributed by atoms with E-state index in [9.17, 15) is 0 Å². The van der Waals surface area contributed by atoms with Crippen molar-refractivity contribution < 1.29 is 4.74 Å². The highest BCUT2D eigenvalue weighted by Crippen LogP contribution is 1.95. The number of ether oxygens (including phenoxy) is 1. The maximum atomic E-state index is 5.28. The van der Waals surface area contributed by atoms with Gasteiger partial charge in [-0.05, 0) is 19.8 Å². The van der Waals surface area contributed by atoms with Gasteiger partial charge in [0.15, 0.2) is 0 Å². The molecule has 0 saturated carbocycles. The summed E-state index contributed by atoms with van der Waals surface area (Å²) in [5.74, 6) is 0. The van der Waals surface area contributed by atoms with Crippen LogP contribution in [0.15, 0.2) is 0 Å². The third-order valence-corrected chi connectivity index (χ3v) is 1.12. The molecule has 1 heteroatoms. The van der Waals surface area contributed by atoms with Crippen LogP contribution >= 0.6 is 0 Å². The van der Waals surface area contributed by atoms with Crippen LogP contribution in [0.2, 0.25) is 0 Å². The summed E-state index contributed by atoms with van der Waals surface area (Å²) in [4.78, 5) is 0. The zero-order chi connectivity index (χ0) is 6.41. The first-order valence-electron chi connectivity index (χ1n) is 3.22. The van der Waals surface area contributed by atoms with Gasteiger partial charge in [-0.1, -0.05) is 13.8 Å². The summed E-state index contributed by atoms with van der Waals surface area (Å²) < 4.78 is 5.28. The molecule has 0 bridgehead atoms. The number of rotatable bonds is 4. The quantitative estimate of drug-likeness (QED) is 0.544. The average Bonchev–Trinajstić information content (AvgIpc) is 1.83. The highest BCUT2D eigenvalue weighted by molar-refractivity contribution is 4.44. The summed E-state index contributed by atoms with van der Waals surface area (Å²) in [6, 6.07) is 0. The Morgan fingerprint density at radius 2 is 2.25 bits per heavy atom. The summed E-state index contributed by atoms with van der Waals surface area (Å²) in [5, 5.41) is 0. The Morgan fingerprint density at radius 1 is 1.62 bits per heavy atom. The Kier molecular flexibility index (Phi) is 5.08. The molecule has 0 heterocycles. The Balaban J connectivity index is 2.86. The zero-order valence-electron chi connectivity index (χ0n) is 5.81. The van der Waals surface area contributed by atoms with Gasteiger partial charge in [-0.2, -0.15) is 0 Å². The topological polar surface area (TPSA) is 9.23 Å². The van der Waals surface area contributed by atoms with Gasteiger partial charge in [-0.3, -0.25) is 0 Å². The van der Waals surface area contributed by atoms with E-state index in [-0.39, 0.29) is 0 Å². The third kappa shape index (κ3) is 4.13. The molecule has 49 valence electrons. The number of hydrogen-bond acceptors (Lipinski definition) is 1. The molecule has 0 spiro atoms. The second kappa shape index (κ2) is 5.10. The Bertz CT molecular complexity index is 43.7. The van der Waals surface area contributed by atoms with E-state index in [0.717, 1.165) is 19.4 Å². The van der Waals surface area contributed by atoms with Crippen molar-refractivity contribution in [1.82, 2.24) is 0 Å². The second-order valence-electron chi connectivity index (χ2n) is 1.94. The predicted molar refractivity (Wildman–Crippen MR) is 35.7 cm³/mol. The monoisotopic (exact) mass is 115 g/mol. The summed E-state index contributed by atoms with van der Waals surface area (Å²) >= 11 is 0. The fourth-order valence-electron chi connectivity index (χ4n) is 0.402. The van der Waals surface area contributed by atoms with E-state index in [1.54, 1.807) is 0 Å². The molecule has 0 aromatic heterocycles. The van der Waals surface area contributed by atoms with Crippen molar-refractivity contribution in [2.24, 2.45) is 0 Å². The van der Waals surface area contributed by atoms with Crippen molar-refractivity contribution in [1.29, 1.82) is 0 Å². The van der Waals surface area contributed by atoms with Crippen molar-refractivity contribution in [2.45, 2.75) is 32.8 Å².